The normalized spacial score (nSPS) is 16.4. The predicted molar refractivity (Wildman–Crippen MR) is 160 cm³/mol. The fraction of sp³-hybridized carbons (Fsp3) is 0.655. The SMILES string of the molecule is CCOC(=O)CN(CC(=O)OCC)Cc1cccc(CN2CCN(CC(=O)O)CCN(CC(=O)O)CCN(CC(=O)O)CC2)n1. The van der Waals surface area contributed by atoms with E-state index in [-0.39, 0.29) is 52.5 Å². The van der Waals surface area contributed by atoms with E-state index in [2.05, 4.69) is 4.90 Å². The van der Waals surface area contributed by atoms with Crippen LogP contribution in [-0.4, -0.2) is 173 Å². The molecule has 0 bridgehead atoms. The minimum absolute atomic E-state index is 0.118. The highest BCUT2D eigenvalue weighted by atomic mass is 16.5. The molecule has 0 atom stereocenters. The number of hydrogen-bond donors (Lipinski definition) is 3. The highest BCUT2D eigenvalue weighted by molar-refractivity contribution is 5.75. The maximum absolute atomic E-state index is 12.2. The smallest absolute Gasteiger partial charge is 0.320 e. The first kappa shape index (κ1) is 37.5. The minimum Gasteiger partial charge on any atom is -0.480 e. The van der Waals surface area contributed by atoms with E-state index < -0.39 is 29.8 Å². The van der Waals surface area contributed by atoms with Crippen molar-refractivity contribution in [1.82, 2.24) is 29.5 Å². The number of hydrogen-bond acceptors (Lipinski definition) is 13. The molecule has 1 fully saturated rings. The number of carboxylic acid groups (broad SMARTS) is 3. The fourth-order valence-electron chi connectivity index (χ4n) is 4.89. The number of pyridine rings is 1. The van der Waals surface area contributed by atoms with Crippen LogP contribution in [0.1, 0.15) is 25.2 Å². The zero-order valence-electron chi connectivity index (χ0n) is 26.1. The summed E-state index contributed by atoms with van der Waals surface area (Å²) in [6.45, 7) is 6.51. The Balaban J connectivity index is 2.22. The van der Waals surface area contributed by atoms with E-state index >= 15 is 0 Å². The van der Waals surface area contributed by atoms with E-state index in [1.807, 2.05) is 12.1 Å². The van der Waals surface area contributed by atoms with Gasteiger partial charge < -0.3 is 24.8 Å². The van der Waals surface area contributed by atoms with E-state index in [9.17, 15) is 39.3 Å². The van der Waals surface area contributed by atoms with Gasteiger partial charge in [0.1, 0.15) is 0 Å². The van der Waals surface area contributed by atoms with Crippen molar-refractivity contribution in [3.8, 4) is 0 Å². The highest BCUT2D eigenvalue weighted by Gasteiger charge is 2.21. The quantitative estimate of drug-likeness (QED) is 0.186. The summed E-state index contributed by atoms with van der Waals surface area (Å²) >= 11 is 0. The summed E-state index contributed by atoms with van der Waals surface area (Å²) in [5.41, 5.74) is 1.32. The van der Waals surface area contributed by atoms with Gasteiger partial charge in [-0.05, 0) is 26.0 Å². The number of aromatic nitrogens is 1. The Hall–Kier alpha value is -3.70. The lowest BCUT2D eigenvalue weighted by Crippen LogP contribution is -2.48. The van der Waals surface area contributed by atoms with Crippen molar-refractivity contribution in [2.45, 2.75) is 26.9 Å². The predicted octanol–water partition coefficient (Wildman–Crippen LogP) is -1.01. The lowest BCUT2D eigenvalue weighted by molar-refractivity contribution is -0.148. The number of carbonyl (C=O) groups excluding carboxylic acids is 2. The highest BCUT2D eigenvalue weighted by Crippen LogP contribution is 2.09. The van der Waals surface area contributed by atoms with Crippen molar-refractivity contribution in [2.24, 2.45) is 0 Å². The van der Waals surface area contributed by atoms with Gasteiger partial charge in [0, 0.05) is 65.4 Å². The van der Waals surface area contributed by atoms with Gasteiger partial charge in [0.2, 0.25) is 0 Å². The van der Waals surface area contributed by atoms with Gasteiger partial charge in [-0.15, -0.1) is 0 Å². The second kappa shape index (κ2) is 20.4. The summed E-state index contributed by atoms with van der Waals surface area (Å²) < 4.78 is 10.1. The largest absolute Gasteiger partial charge is 0.480 e. The van der Waals surface area contributed by atoms with Gasteiger partial charge in [0.05, 0.1) is 57.3 Å². The molecule has 0 aliphatic carbocycles. The van der Waals surface area contributed by atoms with E-state index in [0.717, 1.165) is 0 Å². The number of aliphatic carboxylic acids is 3. The molecule has 1 saturated heterocycles. The molecule has 45 heavy (non-hydrogen) atoms. The molecular formula is C29H46N6O10. The second-order valence-electron chi connectivity index (χ2n) is 10.7. The van der Waals surface area contributed by atoms with Crippen molar-refractivity contribution >= 4 is 29.8 Å². The molecule has 0 unspecified atom stereocenters. The zero-order valence-corrected chi connectivity index (χ0v) is 26.1. The molecule has 1 aliphatic rings. The van der Waals surface area contributed by atoms with Gasteiger partial charge >= 0.3 is 29.8 Å². The molecule has 0 amide bonds. The van der Waals surface area contributed by atoms with Crippen LogP contribution in [0.2, 0.25) is 0 Å². The molecule has 1 aliphatic heterocycles. The number of carbonyl (C=O) groups is 5. The van der Waals surface area contributed by atoms with E-state index in [1.54, 1.807) is 39.5 Å². The van der Waals surface area contributed by atoms with Crippen molar-refractivity contribution in [3.05, 3.63) is 29.6 Å². The molecule has 0 saturated carbocycles. The fourth-order valence-corrected chi connectivity index (χ4v) is 4.89. The summed E-state index contributed by atoms with van der Waals surface area (Å²) in [4.78, 5) is 72.5. The first-order valence-electron chi connectivity index (χ1n) is 15.0. The summed E-state index contributed by atoms with van der Waals surface area (Å²) in [6, 6.07) is 5.45. The summed E-state index contributed by atoms with van der Waals surface area (Å²) in [5, 5.41) is 28.2. The van der Waals surface area contributed by atoms with Crippen LogP contribution in [0.5, 0.6) is 0 Å². The Morgan fingerprint density at radius 3 is 1.42 bits per heavy atom. The molecular weight excluding hydrogens is 592 g/mol. The van der Waals surface area contributed by atoms with Gasteiger partial charge in [0.25, 0.3) is 0 Å². The average molecular weight is 639 g/mol. The Morgan fingerprint density at radius 2 is 1.04 bits per heavy atom. The third-order valence-electron chi connectivity index (χ3n) is 6.96. The van der Waals surface area contributed by atoms with Crippen LogP contribution in [0.25, 0.3) is 0 Å². The first-order chi connectivity index (χ1) is 21.5. The molecule has 16 nitrogen and oxygen atoms in total. The van der Waals surface area contributed by atoms with Crippen LogP contribution in [-0.2, 0) is 46.5 Å². The molecule has 16 heteroatoms. The van der Waals surface area contributed by atoms with Gasteiger partial charge in [0.15, 0.2) is 0 Å². The third kappa shape index (κ3) is 16.3. The number of esters is 2. The second-order valence-corrected chi connectivity index (χ2v) is 10.7. The van der Waals surface area contributed by atoms with Gasteiger partial charge in [-0.1, -0.05) is 6.07 Å². The molecule has 0 spiro atoms. The lowest BCUT2D eigenvalue weighted by atomic mass is 10.2. The van der Waals surface area contributed by atoms with E-state index in [1.165, 1.54) is 0 Å². The van der Waals surface area contributed by atoms with Crippen molar-refractivity contribution in [2.75, 3.05) is 98.3 Å². The standard InChI is InChI=1S/C29H46N6O10/c1-3-44-28(42)21-35(22-29(43)45-4-2)17-24-7-5-6-23(30-24)16-31-8-10-32(18-25(36)37)12-14-34(20-27(40)41)15-13-33(11-9-31)19-26(38)39/h5-7H,3-4,8-22H2,1-2H3,(H,36,37)(H,38,39)(H,40,41). The molecule has 3 N–H and O–H groups in total. The molecule has 2 rings (SSSR count). The maximum atomic E-state index is 12.2. The number of rotatable bonds is 16. The minimum atomic E-state index is -1.01. The van der Waals surface area contributed by atoms with Crippen LogP contribution >= 0.6 is 0 Å². The van der Waals surface area contributed by atoms with Crippen molar-refractivity contribution in [3.63, 3.8) is 0 Å². The van der Waals surface area contributed by atoms with Crippen LogP contribution in [0.4, 0.5) is 0 Å². The van der Waals surface area contributed by atoms with Gasteiger partial charge in [-0.25, -0.2) is 0 Å². The molecule has 2 heterocycles. The van der Waals surface area contributed by atoms with Crippen LogP contribution in [0, 0.1) is 0 Å². The summed E-state index contributed by atoms with van der Waals surface area (Å²) in [6.07, 6.45) is 0. The van der Waals surface area contributed by atoms with E-state index in [0.29, 0.717) is 70.3 Å². The number of carboxylic acids is 3. The van der Waals surface area contributed by atoms with Crippen molar-refractivity contribution in [1.29, 1.82) is 0 Å². The summed E-state index contributed by atoms with van der Waals surface area (Å²) in [7, 11) is 0. The zero-order chi connectivity index (χ0) is 33.2. The van der Waals surface area contributed by atoms with Crippen LogP contribution in [0.3, 0.4) is 0 Å². The Bertz CT molecular complexity index is 1070. The molecule has 0 radical (unpaired) electrons. The average Bonchev–Trinajstić information content (AvgIpc) is 2.94. The number of nitrogens with zero attached hydrogens (tertiary/aromatic N) is 6. The summed E-state index contributed by atoms with van der Waals surface area (Å²) in [5.74, 6) is -3.94. The van der Waals surface area contributed by atoms with Gasteiger partial charge in [-0.3, -0.25) is 53.5 Å². The van der Waals surface area contributed by atoms with Gasteiger partial charge in [-0.2, -0.15) is 0 Å². The molecule has 1 aromatic rings. The van der Waals surface area contributed by atoms with Crippen LogP contribution in [0.15, 0.2) is 18.2 Å². The molecule has 1 aromatic heterocycles. The Morgan fingerprint density at radius 1 is 0.667 bits per heavy atom. The topological polar surface area (TPSA) is 194 Å². The molecule has 0 aromatic carbocycles. The number of ether oxygens (including phenoxy) is 2. The van der Waals surface area contributed by atoms with Crippen LogP contribution < -0.4 is 0 Å². The Labute approximate surface area is 263 Å². The third-order valence-corrected chi connectivity index (χ3v) is 6.96. The van der Waals surface area contributed by atoms with E-state index in [4.69, 9.17) is 14.5 Å². The lowest BCUT2D eigenvalue weighted by Gasteiger charge is -2.33. The monoisotopic (exact) mass is 638 g/mol. The Kier molecular flexibility index (Phi) is 17.0. The maximum Gasteiger partial charge on any atom is 0.320 e. The van der Waals surface area contributed by atoms with Crippen molar-refractivity contribution < 1.29 is 48.8 Å². The first-order valence-corrected chi connectivity index (χ1v) is 15.0. The molecule has 252 valence electrons.